The molecule has 0 spiro atoms. The van der Waals surface area contributed by atoms with Gasteiger partial charge in [-0.3, -0.25) is 13.9 Å². The molecular weight excluding hydrogens is 533 g/mol. The van der Waals surface area contributed by atoms with E-state index < -0.39 is 16.1 Å². The van der Waals surface area contributed by atoms with Gasteiger partial charge in [0.15, 0.2) is 0 Å². The summed E-state index contributed by atoms with van der Waals surface area (Å²) < 4.78 is 26.2. The van der Waals surface area contributed by atoms with Gasteiger partial charge in [-0.05, 0) is 49.9 Å². The van der Waals surface area contributed by atoms with Crippen LogP contribution in [-0.4, -0.2) is 50.0 Å². The summed E-state index contributed by atoms with van der Waals surface area (Å²) in [7, 11) is -3.67. The highest BCUT2D eigenvalue weighted by molar-refractivity contribution is 7.92. The van der Waals surface area contributed by atoms with E-state index in [4.69, 9.17) is 23.2 Å². The molecule has 7 nitrogen and oxygen atoms in total. The van der Waals surface area contributed by atoms with Crippen LogP contribution < -0.4 is 9.62 Å². The quantitative estimate of drug-likeness (QED) is 0.393. The molecule has 0 aliphatic heterocycles. The molecule has 2 aromatic carbocycles. The van der Waals surface area contributed by atoms with E-state index in [1.165, 1.54) is 18.6 Å². The summed E-state index contributed by atoms with van der Waals surface area (Å²) in [6.45, 7) is 2.08. The monoisotopic (exact) mass is 567 g/mol. The standard InChI is InChI=1S/C27H35Cl2N3O4S/c1-20(27(34)30-23-12-7-4-8-13-23)31(19-21-10-5-3-6-11-21)26(33)14-9-17-32(37(2,35)36)25-18-22(28)15-16-24(25)29/h3,5-6,10-11,15-16,18,20,23H,4,7-9,12-14,17,19H2,1-2H3,(H,30,34)/t20-/m0/s1. The molecule has 0 heterocycles. The number of sulfonamides is 1. The number of amides is 2. The van der Waals surface area contributed by atoms with Gasteiger partial charge in [0.05, 0.1) is 17.0 Å². The van der Waals surface area contributed by atoms with Crippen LogP contribution in [0.5, 0.6) is 0 Å². The van der Waals surface area contributed by atoms with Crippen molar-refractivity contribution in [3.8, 4) is 0 Å². The third kappa shape index (κ3) is 8.62. The fourth-order valence-electron chi connectivity index (χ4n) is 4.59. The number of nitrogens with one attached hydrogen (secondary N) is 1. The minimum absolute atomic E-state index is 0.0481. The number of benzene rings is 2. The maximum atomic E-state index is 13.4. The summed E-state index contributed by atoms with van der Waals surface area (Å²) in [5.41, 5.74) is 1.18. The molecule has 1 atom stereocenters. The van der Waals surface area contributed by atoms with Gasteiger partial charge >= 0.3 is 0 Å². The second-order valence-corrected chi connectivity index (χ2v) is 12.3. The third-order valence-corrected chi connectivity index (χ3v) is 8.38. The Bertz CT molecular complexity index is 1170. The average molecular weight is 569 g/mol. The second-order valence-electron chi connectivity index (χ2n) is 9.56. The third-order valence-electron chi connectivity index (χ3n) is 6.64. The van der Waals surface area contributed by atoms with Crippen molar-refractivity contribution in [1.29, 1.82) is 0 Å². The summed E-state index contributed by atoms with van der Waals surface area (Å²) in [6, 6.07) is 13.6. The summed E-state index contributed by atoms with van der Waals surface area (Å²) in [5.74, 6) is -0.388. The number of halogens is 2. The Hall–Kier alpha value is -2.29. The van der Waals surface area contributed by atoms with Gasteiger partial charge < -0.3 is 10.2 Å². The fourth-order valence-corrected chi connectivity index (χ4v) is 6.00. The molecule has 2 amide bonds. The van der Waals surface area contributed by atoms with Gasteiger partial charge in [0, 0.05) is 30.6 Å². The predicted molar refractivity (Wildman–Crippen MR) is 149 cm³/mol. The molecule has 0 unspecified atom stereocenters. The Morgan fingerprint density at radius 2 is 1.73 bits per heavy atom. The first kappa shape index (κ1) is 29.3. The zero-order valence-corrected chi connectivity index (χ0v) is 23.7. The minimum atomic E-state index is -3.67. The van der Waals surface area contributed by atoms with Gasteiger partial charge in [0.1, 0.15) is 6.04 Å². The lowest BCUT2D eigenvalue weighted by molar-refractivity contribution is -0.141. The lowest BCUT2D eigenvalue weighted by Crippen LogP contribution is -2.50. The van der Waals surface area contributed by atoms with E-state index in [9.17, 15) is 18.0 Å². The number of hydrogen-bond donors (Lipinski definition) is 1. The van der Waals surface area contributed by atoms with Gasteiger partial charge in [0.2, 0.25) is 21.8 Å². The first-order valence-electron chi connectivity index (χ1n) is 12.6. The average Bonchev–Trinajstić information content (AvgIpc) is 2.86. The van der Waals surface area contributed by atoms with Gasteiger partial charge in [0.25, 0.3) is 0 Å². The van der Waals surface area contributed by atoms with Crippen molar-refractivity contribution in [2.75, 3.05) is 17.1 Å². The fraction of sp³-hybridized carbons (Fsp3) is 0.481. The SMILES string of the molecule is C[C@@H](C(=O)NC1CCCCC1)N(Cc1ccccc1)C(=O)CCCN(c1cc(Cl)ccc1Cl)S(C)(=O)=O. The van der Waals surface area contributed by atoms with Crippen molar-refractivity contribution in [3.63, 3.8) is 0 Å². The Morgan fingerprint density at radius 1 is 1.05 bits per heavy atom. The van der Waals surface area contributed by atoms with Crippen LogP contribution in [0.4, 0.5) is 5.69 Å². The van der Waals surface area contributed by atoms with Crippen LogP contribution in [0, 0.1) is 0 Å². The topological polar surface area (TPSA) is 86.8 Å². The smallest absolute Gasteiger partial charge is 0.242 e. The van der Waals surface area contributed by atoms with Crippen LogP contribution in [0.1, 0.15) is 57.4 Å². The molecule has 10 heteroatoms. The van der Waals surface area contributed by atoms with Gasteiger partial charge in [-0.2, -0.15) is 0 Å². The van der Waals surface area contributed by atoms with E-state index in [0.717, 1.165) is 41.8 Å². The summed E-state index contributed by atoms with van der Waals surface area (Å²) >= 11 is 12.3. The molecule has 202 valence electrons. The number of hydrogen-bond acceptors (Lipinski definition) is 4. The minimum Gasteiger partial charge on any atom is -0.352 e. The van der Waals surface area contributed by atoms with Crippen LogP contribution in [0.3, 0.4) is 0 Å². The van der Waals surface area contributed by atoms with Gasteiger partial charge in [-0.25, -0.2) is 8.42 Å². The zero-order chi connectivity index (χ0) is 27.0. The molecule has 0 aromatic heterocycles. The molecule has 1 aliphatic rings. The molecule has 0 saturated heterocycles. The molecule has 2 aromatic rings. The summed E-state index contributed by atoms with van der Waals surface area (Å²) in [5, 5.41) is 3.73. The maximum Gasteiger partial charge on any atom is 0.242 e. The van der Waals surface area contributed by atoms with Crippen molar-refractivity contribution in [2.24, 2.45) is 0 Å². The number of nitrogens with zero attached hydrogens (tertiary/aromatic N) is 2. The van der Waals surface area contributed by atoms with E-state index in [2.05, 4.69) is 5.32 Å². The maximum absolute atomic E-state index is 13.4. The van der Waals surface area contributed by atoms with Crippen LogP contribution in [-0.2, 0) is 26.2 Å². The van der Waals surface area contributed by atoms with E-state index in [1.54, 1.807) is 17.9 Å². The molecule has 1 aliphatic carbocycles. The first-order valence-corrected chi connectivity index (χ1v) is 15.2. The van der Waals surface area contributed by atoms with E-state index in [-0.39, 0.29) is 54.5 Å². The molecule has 1 N–H and O–H groups in total. The van der Waals surface area contributed by atoms with Crippen molar-refractivity contribution >= 4 is 50.7 Å². The summed E-state index contributed by atoms with van der Waals surface area (Å²) in [6.07, 6.45) is 6.70. The van der Waals surface area contributed by atoms with E-state index >= 15 is 0 Å². The first-order chi connectivity index (χ1) is 17.6. The highest BCUT2D eigenvalue weighted by Gasteiger charge is 2.28. The lowest BCUT2D eigenvalue weighted by Gasteiger charge is -2.31. The molecule has 3 rings (SSSR count). The van der Waals surface area contributed by atoms with Crippen LogP contribution in [0.15, 0.2) is 48.5 Å². The van der Waals surface area contributed by atoms with E-state index in [1.807, 2.05) is 30.3 Å². The van der Waals surface area contributed by atoms with Crippen molar-refractivity contribution in [1.82, 2.24) is 10.2 Å². The van der Waals surface area contributed by atoms with Crippen LogP contribution in [0.2, 0.25) is 10.0 Å². The largest absolute Gasteiger partial charge is 0.352 e. The Kier molecular flexibility index (Phi) is 10.7. The molecule has 0 bridgehead atoms. The van der Waals surface area contributed by atoms with Crippen molar-refractivity contribution in [2.45, 2.75) is 70.5 Å². The molecule has 1 fully saturated rings. The summed E-state index contributed by atoms with van der Waals surface area (Å²) in [4.78, 5) is 28.1. The number of anilines is 1. The van der Waals surface area contributed by atoms with Gasteiger partial charge in [-0.1, -0.05) is 72.8 Å². The van der Waals surface area contributed by atoms with Crippen LogP contribution >= 0.6 is 23.2 Å². The Labute approximate surface area is 230 Å². The number of carbonyl (C=O) groups excluding carboxylic acids is 2. The number of carbonyl (C=O) groups is 2. The zero-order valence-electron chi connectivity index (χ0n) is 21.3. The normalized spacial score (nSPS) is 15.1. The second kappa shape index (κ2) is 13.5. The molecule has 0 radical (unpaired) electrons. The van der Waals surface area contributed by atoms with Crippen LogP contribution in [0.25, 0.3) is 0 Å². The lowest BCUT2D eigenvalue weighted by atomic mass is 9.95. The highest BCUT2D eigenvalue weighted by atomic mass is 35.5. The Morgan fingerprint density at radius 3 is 2.38 bits per heavy atom. The van der Waals surface area contributed by atoms with Gasteiger partial charge in [-0.15, -0.1) is 0 Å². The predicted octanol–water partition coefficient (Wildman–Crippen LogP) is 5.41. The Balaban J connectivity index is 1.71. The molecule has 37 heavy (non-hydrogen) atoms. The number of rotatable bonds is 11. The van der Waals surface area contributed by atoms with Crippen molar-refractivity contribution < 1.29 is 18.0 Å². The van der Waals surface area contributed by atoms with E-state index in [0.29, 0.717) is 5.02 Å². The molecular formula is C27H35Cl2N3O4S. The van der Waals surface area contributed by atoms with Crippen molar-refractivity contribution in [3.05, 3.63) is 64.1 Å². The highest BCUT2D eigenvalue weighted by Crippen LogP contribution is 2.31. The molecule has 1 saturated carbocycles.